The maximum Gasteiger partial charge on any atom is 0.241 e. The summed E-state index contributed by atoms with van der Waals surface area (Å²) >= 11 is 0. The zero-order valence-corrected chi connectivity index (χ0v) is 28.6. The second-order valence-corrected chi connectivity index (χ2v) is 15.8. The minimum absolute atomic E-state index is 0.113. The fourth-order valence-corrected chi connectivity index (χ4v) is 10.3. The van der Waals surface area contributed by atoms with Gasteiger partial charge in [-0.25, -0.2) is 0 Å². The van der Waals surface area contributed by atoms with E-state index in [1.165, 1.54) is 22.3 Å². The number of carbonyl (C=O) groups excluding carboxylic acids is 3. The minimum Gasteiger partial charge on any atom is -0.399 e. The average molecular weight is 642 g/mol. The Morgan fingerprint density at radius 3 is 2.38 bits per heavy atom. The molecule has 2 aromatic carbocycles. The molecule has 0 aromatic heterocycles. The van der Waals surface area contributed by atoms with E-state index in [9.17, 15) is 14.4 Å². The predicted octanol–water partition coefficient (Wildman–Crippen LogP) is 5.85. The first kappa shape index (κ1) is 33.7. The molecule has 0 heterocycles. The number of hydrogen-bond acceptors (Lipinski definition) is 6. The fourth-order valence-electron chi connectivity index (χ4n) is 10.3. The molecule has 0 aliphatic heterocycles. The van der Waals surface area contributed by atoms with Gasteiger partial charge in [-0.2, -0.15) is 0 Å². The van der Waals surface area contributed by atoms with E-state index in [0.717, 1.165) is 88.4 Å². The first-order chi connectivity index (χ1) is 22.4. The average Bonchev–Trinajstić information content (AvgIpc) is 3.05. The van der Waals surface area contributed by atoms with Gasteiger partial charge >= 0.3 is 0 Å². The molecule has 2 aromatic rings. The highest BCUT2D eigenvalue weighted by atomic mass is 16.2. The molecule has 2 fully saturated rings. The number of unbranched alkanes of at least 4 members (excludes halogenated alkanes) is 1. The molecule has 0 radical (unpaired) electrons. The molecular formula is C39H55N5O3. The van der Waals surface area contributed by atoms with Crippen molar-refractivity contribution in [1.82, 2.24) is 5.32 Å². The van der Waals surface area contributed by atoms with Crippen LogP contribution in [-0.2, 0) is 32.6 Å². The lowest BCUT2D eigenvalue weighted by molar-refractivity contribution is -0.149. The molecule has 8 nitrogen and oxygen atoms in total. The molecule has 6 rings (SSSR count). The van der Waals surface area contributed by atoms with E-state index >= 15 is 0 Å². The van der Waals surface area contributed by atoms with E-state index in [2.05, 4.69) is 55.7 Å². The molecule has 8 heteroatoms. The van der Waals surface area contributed by atoms with Gasteiger partial charge in [0.2, 0.25) is 17.7 Å². The van der Waals surface area contributed by atoms with Crippen LogP contribution in [0.2, 0.25) is 0 Å². The van der Waals surface area contributed by atoms with Gasteiger partial charge in [0.15, 0.2) is 0 Å². The van der Waals surface area contributed by atoms with Crippen LogP contribution in [0.25, 0.3) is 0 Å². The second kappa shape index (κ2) is 13.0. The molecule has 0 spiro atoms. The van der Waals surface area contributed by atoms with E-state index in [0.29, 0.717) is 13.0 Å². The topological polar surface area (TPSA) is 153 Å². The van der Waals surface area contributed by atoms with Crippen LogP contribution in [0.3, 0.4) is 0 Å². The standard InChI is InChI=1S/C39H55N5O3/c1-37-19-7-20-39(3,33(37)17-13-25-10-14-26(41)22-31(25)37)36(47)44-35(46)38(2)18-6-8-28-29-23-27(15-11-24(29)12-16-30(28)38)43-34(45)32(42)9-4-5-21-40/h10-11,14-15,22-23,28,30,32-33H,4-9,12-13,16-21,40-42H2,1-3H3,(H,43,45)(H,44,46,47)/t28-,30-,32+,33-,37-,38+,39+/m1/s1. The lowest BCUT2D eigenvalue weighted by Gasteiger charge is -2.55. The highest BCUT2D eigenvalue weighted by Gasteiger charge is 2.56. The van der Waals surface area contributed by atoms with Gasteiger partial charge in [0.05, 0.1) is 16.9 Å². The maximum atomic E-state index is 14.3. The third-order valence-corrected chi connectivity index (χ3v) is 13.0. The van der Waals surface area contributed by atoms with Crippen molar-refractivity contribution in [2.45, 2.75) is 122 Å². The number of nitrogen functional groups attached to an aromatic ring is 1. The lowest BCUT2D eigenvalue weighted by Crippen LogP contribution is -2.58. The van der Waals surface area contributed by atoms with Crippen LogP contribution in [-0.4, -0.2) is 30.3 Å². The molecule has 4 aliphatic rings. The van der Waals surface area contributed by atoms with E-state index in [1.807, 2.05) is 12.1 Å². The van der Waals surface area contributed by atoms with E-state index in [-0.39, 0.29) is 40.9 Å². The highest BCUT2D eigenvalue weighted by molar-refractivity contribution is 6.01. The van der Waals surface area contributed by atoms with Gasteiger partial charge in [0.25, 0.3) is 0 Å². The number of benzene rings is 2. The van der Waals surface area contributed by atoms with Gasteiger partial charge in [0, 0.05) is 11.4 Å². The zero-order valence-electron chi connectivity index (χ0n) is 28.6. The number of anilines is 2. The number of nitrogens with one attached hydrogen (secondary N) is 2. The summed E-state index contributed by atoms with van der Waals surface area (Å²) < 4.78 is 0. The second-order valence-electron chi connectivity index (χ2n) is 15.8. The summed E-state index contributed by atoms with van der Waals surface area (Å²) in [7, 11) is 0. The third kappa shape index (κ3) is 6.01. The van der Waals surface area contributed by atoms with Gasteiger partial charge in [-0.15, -0.1) is 0 Å². The molecule has 254 valence electrons. The van der Waals surface area contributed by atoms with Crippen molar-refractivity contribution < 1.29 is 14.4 Å². The van der Waals surface area contributed by atoms with Gasteiger partial charge in [0.1, 0.15) is 0 Å². The summed E-state index contributed by atoms with van der Waals surface area (Å²) in [5, 5.41) is 6.07. The molecule has 0 unspecified atom stereocenters. The monoisotopic (exact) mass is 641 g/mol. The SMILES string of the molecule is C[C@]1(C(=O)NC(=O)[C@@]2(C)CCC[C@]3(C)c4cc(N)ccc4CC[C@@H]23)CCC[C@@H]2c3cc(NC(=O)[C@@H](N)CCCCN)ccc3CC[C@H]21. The first-order valence-electron chi connectivity index (χ1n) is 18.0. The van der Waals surface area contributed by atoms with Crippen molar-refractivity contribution in [3.8, 4) is 0 Å². The van der Waals surface area contributed by atoms with Crippen LogP contribution in [0.5, 0.6) is 0 Å². The zero-order chi connectivity index (χ0) is 33.6. The third-order valence-electron chi connectivity index (χ3n) is 13.0. The summed E-state index contributed by atoms with van der Waals surface area (Å²) in [5.74, 6) is 0.0394. The molecule has 0 saturated heterocycles. The Balaban J connectivity index is 1.18. The van der Waals surface area contributed by atoms with Crippen LogP contribution in [0.4, 0.5) is 11.4 Å². The predicted molar refractivity (Wildman–Crippen MR) is 188 cm³/mol. The van der Waals surface area contributed by atoms with Crippen LogP contribution < -0.4 is 27.8 Å². The molecular weight excluding hydrogens is 586 g/mol. The normalized spacial score (nSPS) is 31.7. The Bertz CT molecular complexity index is 1540. The van der Waals surface area contributed by atoms with Gasteiger partial charge < -0.3 is 22.5 Å². The molecule has 4 aliphatic carbocycles. The molecule has 3 amide bonds. The Morgan fingerprint density at radius 2 is 1.60 bits per heavy atom. The number of nitrogens with two attached hydrogens (primary N) is 3. The Labute approximate surface area is 280 Å². The smallest absolute Gasteiger partial charge is 0.241 e. The van der Waals surface area contributed by atoms with Crippen molar-refractivity contribution in [1.29, 1.82) is 0 Å². The van der Waals surface area contributed by atoms with E-state index < -0.39 is 16.9 Å². The van der Waals surface area contributed by atoms with Crippen molar-refractivity contribution in [2.75, 3.05) is 17.6 Å². The summed E-state index contributed by atoms with van der Waals surface area (Å²) in [6.45, 7) is 7.07. The van der Waals surface area contributed by atoms with Crippen LogP contribution in [0.1, 0.15) is 120 Å². The highest BCUT2D eigenvalue weighted by Crippen LogP contribution is 2.58. The van der Waals surface area contributed by atoms with Crippen molar-refractivity contribution >= 4 is 29.1 Å². The number of carbonyl (C=O) groups is 3. The molecule has 7 atom stereocenters. The van der Waals surface area contributed by atoms with Gasteiger partial charge in [-0.05, 0) is 140 Å². The summed E-state index contributed by atoms with van der Waals surface area (Å²) in [5.41, 5.74) is 23.2. The fraction of sp³-hybridized carbons (Fsp3) is 0.615. The Hall–Kier alpha value is -3.23. The van der Waals surface area contributed by atoms with Crippen molar-refractivity contribution in [3.05, 3.63) is 58.7 Å². The number of aryl methyl sites for hydroxylation is 2. The summed E-state index contributed by atoms with van der Waals surface area (Å²) in [6, 6.07) is 11.9. The molecule has 47 heavy (non-hydrogen) atoms. The largest absolute Gasteiger partial charge is 0.399 e. The number of imide groups is 1. The van der Waals surface area contributed by atoms with Gasteiger partial charge in [-0.1, -0.05) is 52.2 Å². The van der Waals surface area contributed by atoms with E-state index in [4.69, 9.17) is 17.2 Å². The minimum atomic E-state index is -0.650. The van der Waals surface area contributed by atoms with Crippen LogP contribution in [0.15, 0.2) is 36.4 Å². The Morgan fingerprint density at radius 1 is 0.872 bits per heavy atom. The van der Waals surface area contributed by atoms with Gasteiger partial charge in [-0.3, -0.25) is 19.7 Å². The number of amides is 3. The van der Waals surface area contributed by atoms with Crippen LogP contribution in [0, 0.1) is 22.7 Å². The molecule has 0 bridgehead atoms. The number of hydrogen-bond donors (Lipinski definition) is 5. The van der Waals surface area contributed by atoms with Crippen molar-refractivity contribution in [2.24, 2.45) is 34.1 Å². The van der Waals surface area contributed by atoms with Crippen molar-refractivity contribution in [3.63, 3.8) is 0 Å². The maximum absolute atomic E-state index is 14.3. The number of rotatable bonds is 8. The Kier molecular flexibility index (Phi) is 9.31. The number of fused-ring (bicyclic) bond motifs is 6. The van der Waals surface area contributed by atoms with E-state index in [1.54, 1.807) is 0 Å². The summed E-state index contributed by atoms with van der Waals surface area (Å²) in [6.07, 6.45) is 11.3. The summed E-state index contributed by atoms with van der Waals surface area (Å²) in [4.78, 5) is 41.5. The molecule has 8 N–H and O–H groups in total. The first-order valence-corrected chi connectivity index (χ1v) is 18.0. The lowest BCUT2D eigenvalue weighted by atomic mass is 9.49. The van der Waals surface area contributed by atoms with Crippen LogP contribution >= 0.6 is 0 Å². The quantitative estimate of drug-likeness (QED) is 0.138. The molecule has 2 saturated carbocycles.